The van der Waals surface area contributed by atoms with Gasteiger partial charge in [-0.05, 0) is 45.2 Å². The Morgan fingerprint density at radius 1 is 1.16 bits per heavy atom. The van der Waals surface area contributed by atoms with Gasteiger partial charge in [0.15, 0.2) is 0 Å². The standard InChI is InChI=1S/C27H36N4O6/c1-8-19-12-10-11-13-20(19)23(24(33)29-16-14-21(32)36-9-2)31(17-15-28)25(34)22(18(3)4)30-26(35)37-27(5,6)7/h1,10-13,18,22-23H,9,14,16-17H2,2-7H3,(H,29,33)(H,30,35). The van der Waals surface area contributed by atoms with Crippen molar-refractivity contribution in [3.63, 3.8) is 0 Å². The zero-order valence-corrected chi connectivity index (χ0v) is 22.3. The monoisotopic (exact) mass is 512 g/mol. The molecule has 0 aliphatic heterocycles. The van der Waals surface area contributed by atoms with Gasteiger partial charge in [0.05, 0.1) is 19.1 Å². The fourth-order valence-electron chi connectivity index (χ4n) is 3.43. The molecule has 1 rings (SSSR count). The summed E-state index contributed by atoms with van der Waals surface area (Å²) in [6.07, 6.45) is 4.77. The minimum atomic E-state index is -1.30. The molecule has 2 N–H and O–H groups in total. The molecule has 2 atom stereocenters. The maximum atomic E-state index is 13.8. The van der Waals surface area contributed by atoms with Gasteiger partial charge >= 0.3 is 12.1 Å². The van der Waals surface area contributed by atoms with Crippen molar-refractivity contribution in [3.8, 4) is 18.4 Å². The minimum Gasteiger partial charge on any atom is -0.466 e. The second-order valence-corrected chi connectivity index (χ2v) is 9.47. The maximum absolute atomic E-state index is 13.8. The number of nitriles is 1. The summed E-state index contributed by atoms with van der Waals surface area (Å²) in [6, 6.07) is 6.07. The topological polar surface area (TPSA) is 138 Å². The number of amides is 3. The molecule has 37 heavy (non-hydrogen) atoms. The third-order valence-corrected chi connectivity index (χ3v) is 5.03. The number of carbonyl (C=O) groups is 4. The number of ether oxygens (including phenoxy) is 2. The Labute approximate surface area is 218 Å². The molecule has 0 aliphatic carbocycles. The van der Waals surface area contributed by atoms with E-state index < -0.39 is 54.0 Å². The van der Waals surface area contributed by atoms with Crippen LogP contribution >= 0.6 is 0 Å². The van der Waals surface area contributed by atoms with Gasteiger partial charge in [0.2, 0.25) is 11.8 Å². The first kappa shape index (κ1) is 31.0. The highest BCUT2D eigenvalue weighted by atomic mass is 16.6. The van der Waals surface area contributed by atoms with E-state index in [1.165, 1.54) is 0 Å². The van der Waals surface area contributed by atoms with Crippen LogP contribution < -0.4 is 10.6 Å². The van der Waals surface area contributed by atoms with Gasteiger partial charge in [0.25, 0.3) is 0 Å². The summed E-state index contributed by atoms with van der Waals surface area (Å²) in [6.45, 7) is 9.86. The molecule has 0 fully saturated rings. The van der Waals surface area contributed by atoms with Crippen molar-refractivity contribution in [2.24, 2.45) is 5.92 Å². The molecule has 0 heterocycles. The Bertz CT molecular complexity index is 1050. The van der Waals surface area contributed by atoms with E-state index in [9.17, 15) is 24.4 Å². The number of alkyl carbamates (subject to hydrolysis) is 1. The molecule has 10 nitrogen and oxygen atoms in total. The lowest BCUT2D eigenvalue weighted by molar-refractivity contribution is -0.144. The van der Waals surface area contributed by atoms with Gasteiger partial charge in [0.1, 0.15) is 24.2 Å². The molecule has 0 radical (unpaired) electrons. The number of rotatable bonds is 11. The van der Waals surface area contributed by atoms with Crippen LogP contribution in [0.1, 0.15) is 65.1 Å². The van der Waals surface area contributed by atoms with Gasteiger partial charge in [-0.25, -0.2) is 4.79 Å². The molecule has 200 valence electrons. The number of hydrogen-bond donors (Lipinski definition) is 2. The first-order valence-corrected chi connectivity index (χ1v) is 12.0. The Morgan fingerprint density at radius 2 is 1.81 bits per heavy atom. The van der Waals surface area contributed by atoms with E-state index in [0.29, 0.717) is 11.1 Å². The molecule has 1 aromatic rings. The van der Waals surface area contributed by atoms with E-state index in [4.69, 9.17) is 15.9 Å². The van der Waals surface area contributed by atoms with Crippen LogP contribution in [-0.4, -0.2) is 60.1 Å². The number of nitrogens with one attached hydrogen (secondary N) is 2. The average molecular weight is 513 g/mol. The van der Waals surface area contributed by atoms with Crippen molar-refractivity contribution in [2.75, 3.05) is 19.7 Å². The fourth-order valence-corrected chi connectivity index (χ4v) is 3.43. The van der Waals surface area contributed by atoms with Crippen LogP contribution in [-0.2, 0) is 23.9 Å². The summed E-state index contributed by atoms with van der Waals surface area (Å²) in [4.78, 5) is 52.4. The van der Waals surface area contributed by atoms with Crippen molar-refractivity contribution in [2.45, 2.75) is 65.6 Å². The Balaban J connectivity index is 3.42. The van der Waals surface area contributed by atoms with E-state index in [0.717, 1.165) is 4.90 Å². The summed E-state index contributed by atoms with van der Waals surface area (Å²) in [5.41, 5.74) is -0.124. The SMILES string of the molecule is C#Cc1ccccc1C(C(=O)NCCC(=O)OCC)N(CC#N)C(=O)C(NC(=O)OC(C)(C)C)C(C)C. The smallest absolute Gasteiger partial charge is 0.408 e. The van der Waals surface area contributed by atoms with E-state index in [1.54, 1.807) is 65.8 Å². The fraction of sp³-hybridized carbons (Fsp3) is 0.519. The number of hydrogen-bond acceptors (Lipinski definition) is 7. The molecule has 0 saturated carbocycles. The van der Waals surface area contributed by atoms with Crippen LogP contribution in [0.15, 0.2) is 24.3 Å². The zero-order valence-electron chi connectivity index (χ0n) is 22.3. The highest BCUT2D eigenvalue weighted by Gasteiger charge is 2.38. The molecule has 2 unspecified atom stereocenters. The van der Waals surface area contributed by atoms with Gasteiger partial charge in [0, 0.05) is 12.1 Å². The van der Waals surface area contributed by atoms with Gasteiger partial charge in [-0.1, -0.05) is 38.0 Å². The Hall–Kier alpha value is -4.05. The molecule has 0 aromatic heterocycles. The predicted octanol–water partition coefficient (Wildman–Crippen LogP) is 2.68. The lowest BCUT2D eigenvalue weighted by atomic mass is 9.96. The van der Waals surface area contributed by atoms with Crippen LogP contribution in [0, 0.1) is 29.6 Å². The van der Waals surface area contributed by atoms with Crippen molar-refractivity contribution in [1.82, 2.24) is 15.5 Å². The molecule has 0 spiro atoms. The van der Waals surface area contributed by atoms with Crippen molar-refractivity contribution < 1.29 is 28.7 Å². The van der Waals surface area contributed by atoms with E-state index >= 15 is 0 Å². The van der Waals surface area contributed by atoms with E-state index in [2.05, 4.69) is 16.6 Å². The number of terminal acetylenes is 1. The second-order valence-electron chi connectivity index (χ2n) is 9.47. The van der Waals surface area contributed by atoms with Crippen LogP contribution in [0.5, 0.6) is 0 Å². The quantitative estimate of drug-likeness (QED) is 0.264. The maximum Gasteiger partial charge on any atom is 0.408 e. The molecule has 0 bridgehead atoms. The predicted molar refractivity (Wildman–Crippen MR) is 137 cm³/mol. The summed E-state index contributed by atoms with van der Waals surface area (Å²) in [7, 11) is 0. The Morgan fingerprint density at radius 3 is 2.35 bits per heavy atom. The molecule has 10 heteroatoms. The summed E-state index contributed by atoms with van der Waals surface area (Å²) in [5, 5.41) is 14.8. The second kappa shape index (κ2) is 14.5. The van der Waals surface area contributed by atoms with Gasteiger partial charge in [-0.15, -0.1) is 6.42 Å². The normalized spacial score (nSPS) is 12.4. The molecular formula is C27H36N4O6. The molecular weight excluding hydrogens is 476 g/mol. The zero-order chi connectivity index (χ0) is 28.2. The van der Waals surface area contributed by atoms with E-state index in [1.807, 2.05) is 6.07 Å². The summed E-state index contributed by atoms with van der Waals surface area (Å²) in [5.74, 6) is 0.296. The molecule has 0 aliphatic rings. The summed E-state index contributed by atoms with van der Waals surface area (Å²) < 4.78 is 10.2. The first-order chi connectivity index (χ1) is 17.4. The van der Waals surface area contributed by atoms with Gasteiger partial charge in [-0.2, -0.15) is 5.26 Å². The van der Waals surface area contributed by atoms with Gasteiger partial charge < -0.3 is 25.0 Å². The van der Waals surface area contributed by atoms with Crippen LogP contribution in [0.25, 0.3) is 0 Å². The van der Waals surface area contributed by atoms with Crippen molar-refractivity contribution in [3.05, 3.63) is 35.4 Å². The molecule has 0 saturated heterocycles. The third-order valence-electron chi connectivity index (χ3n) is 5.03. The Kier molecular flexibility index (Phi) is 12.1. The van der Waals surface area contributed by atoms with E-state index in [-0.39, 0.29) is 19.6 Å². The summed E-state index contributed by atoms with van der Waals surface area (Å²) >= 11 is 0. The average Bonchev–Trinajstić information content (AvgIpc) is 2.81. The van der Waals surface area contributed by atoms with Crippen molar-refractivity contribution >= 4 is 23.9 Å². The first-order valence-electron chi connectivity index (χ1n) is 12.0. The largest absolute Gasteiger partial charge is 0.466 e. The van der Waals surface area contributed by atoms with Crippen molar-refractivity contribution in [1.29, 1.82) is 5.26 Å². The number of carbonyl (C=O) groups excluding carboxylic acids is 4. The number of nitrogens with zero attached hydrogens (tertiary/aromatic N) is 2. The lowest BCUT2D eigenvalue weighted by Gasteiger charge is -2.34. The molecule has 1 aromatic carbocycles. The number of benzene rings is 1. The van der Waals surface area contributed by atoms with Gasteiger partial charge in [-0.3, -0.25) is 14.4 Å². The third kappa shape index (κ3) is 9.85. The number of esters is 1. The molecule has 3 amide bonds. The van der Waals surface area contributed by atoms with Crippen LogP contribution in [0.2, 0.25) is 0 Å². The highest BCUT2D eigenvalue weighted by Crippen LogP contribution is 2.26. The lowest BCUT2D eigenvalue weighted by Crippen LogP contribution is -2.55. The highest BCUT2D eigenvalue weighted by molar-refractivity contribution is 5.93. The van der Waals surface area contributed by atoms with Crippen LogP contribution in [0.3, 0.4) is 0 Å². The minimum absolute atomic E-state index is 0.0509. The van der Waals surface area contributed by atoms with Crippen LogP contribution in [0.4, 0.5) is 4.79 Å².